The van der Waals surface area contributed by atoms with Crippen molar-refractivity contribution in [2.24, 2.45) is 0 Å². The Kier molecular flexibility index (Phi) is 7.14. The van der Waals surface area contributed by atoms with Gasteiger partial charge in [-0.15, -0.1) is 11.3 Å². The van der Waals surface area contributed by atoms with E-state index < -0.39 is 0 Å². The SMILES string of the molecule is CCCCSC(C)CNCc1cccs1. The van der Waals surface area contributed by atoms with Crippen LogP contribution in [-0.2, 0) is 6.54 Å². The predicted octanol–water partition coefficient (Wildman–Crippen LogP) is 3.76. The molecule has 1 aromatic heterocycles. The van der Waals surface area contributed by atoms with Crippen LogP contribution in [0.15, 0.2) is 17.5 Å². The van der Waals surface area contributed by atoms with Crippen molar-refractivity contribution < 1.29 is 0 Å². The average molecular weight is 243 g/mol. The number of nitrogens with one attached hydrogen (secondary N) is 1. The fourth-order valence-corrected chi connectivity index (χ4v) is 3.07. The number of rotatable bonds is 8. The number of thioether (sulfide) groups is 1. The van der Waals surface area contributed by atoms with Gasteiger partial charge in [-0.25, -0.2) is 0 Å². The van der Waals surface area contributed by atoms with Gasteiger partial charge < -0.3 is 5.32 Å². The largest absolute Gasteiger partial charge is 0.311 e. The summed E-state index contributed by atoms with van der Waals surface area (Å²) in [4.78, 5) is 1.43. The van der Waals surface area contributed by atoms with Gasteiger partial charge in [-0.3, -0.25) is 0 Å². The fraction of sp³-hybridized carbons (Fsp3) is 0.667. The molecule has 0 radical (unpaired) electrons. The molecule has 0 amide bonds. The van der Waals surface area contributed by atoms with Crippen LogP contribution in [0.2, 0.25) is 0 Å². The summed E-state index contributed by atoms with van der Waals surface area (Å²) in [6.07, 6.45) is 2.66. The van der Waals surface area contributed by atoms with E-state index in [4.69, 9.17) is 0 Å². The van der Waals surface area contributed by atoms with Gasteiger partial charge in [0.15, 0.2) is 0 Å². The average Bonchev–Trinajstić information content (AvgIpc) is 2.71. The molecule has 1 N–H and O–H groups in total. The zero-order chi connectivity index (χ0) is 10.9. The maximum absolute atomic E-state index is 3.50. The Morgan fingerprint density at radius 1 is 1.53 bits per heavy atom. The molecular weight excluding hydrogens is 222 g/mol. The molecule has 0 aliphatic rings. The standard InChI is InChI=1S/C12H21NS2/c1-3-4-7-14-11(2)9-13-10-12-6-5-8-15-12/h5-6,8,11,13H,3-4,7,9-10H2,1-2H3. The molecule has 0 saturated carbocycles. The Labute approximate surface area is 102 Å². The summed E-state index contributed by atoms with van der Waals surface area (Å²) < 4.78 is 0. The van der Waals surface area contributed by atoms with Crippen molar-refractivity contribution in [3.63, 3.8) is 0 Å². The van der Waals surface area contributed by atoms with E-state index >= 15 is 0 Å². The Morgan fingerprint density at radius 2 is 2.40 bits per heavy atom. The summed E-state index contributed by atoms with van der Waals surface area (Å²) in [6.45, 7) is 6.70. The van der Waals surface area contributed by atoms with Crippen molar-refractivity contribution in [2.45, 2.75) is 38.5 Å². The second-order valence-corrected chi connectivity index (χ2v) is 6.32. The lowest BCUT2D eigenvalue weighted by Crippen LogP contribution is -2.22. The minimum atomic E-state index is 0.733. The molecule has 1 rings (SSSR count). The summed E-state index contributed by atoms with van der Waals surface area (Å²) in [5.74, 6) is 1.30. The van der Waals surface area contributed by atoms with Crippen molar-refractivity contribution in [3.05, 3.63) is 22.4 Å². The van der Waals surface area contributed by atoms with Crippen molar-refractivity contribution in [1.29, 1.82) is 0 Å². The summed E-state index contributed by atoms with van der Waals surface area (Å²) in [7, 11) is 0. The number of hydrogen-bond acceptors (Lipinski definition) is 3. The summed E-state index contributed by atoms with van der Waals surface area (Å²) in [6, 6.07) is 4.30. The van der Waals surface area contributed by atoms with Crippen LogP contribution < -0.4 is 5.32 Å². The minimum absolute atomic E-state index is 0.733. The van der Waals surface area contributed by atoms with Gasteiger partial charge in [0.05, 0.1) is 0 Å². The summed E-state index contributed by atoms with van der Waals surface area (Å²) >= 11 is 3.91. The molecule has 0 spiro atoms. The Balaban J connectivity index is 1.99. The van der Waals surface area contributed by atoms with Crippen LogP contribution >= 0.6 is 23.1 Å². The molecule has 1 heterocycles. The summed E-state index contributed by atoms with van der Waals surface area (Å²) in [5.41, 5.74) is 0. The quantitative estimate of drug-likeness (QED) is 0.698. The van der Waals surface area contributed by atoms with Gasteiger partial charge in [0.1, 0.15) is 0 Å². The third-order valence-electron chi connectivity index (χ3n) is 2.21. The van der Waals surface area contributed by atoms with Gasteiger partial charge in [0, 0.05) is 23.2 Å². The van der Waals surface area contributed by atoms with Gasteiger partial charge in [-0.2, -0.15) is 11.8 Å². The molecule has 1 nitrogen and oxygen atoms in total. The van der Waals surface area contributed by atoms with Crippen LogP contribution in [0.4, 0.5) is 0 Å². The first-order chi connectivity index (χ1) is 7.33. The lowest BCUT2D eigenvalue weighted by Gasteiger charge is -2.11. The van der Waals surface area contributed by atoms with Crippen LogP contribution in [0.1, 0.15) is 31.6 Å². The van der Waals surface area contributed by atoms with Gasteiger partial charge in [-0.1, -0.05) is 26.3 Å². The third-order valence-corrected chi connectivity index (χ3v) is 4.35. The van der Waals surface area contributed by atoms with Crippen LogP contribution in [0, 0.1) is 0 Å². The van der Waals surface area contributed by atoms with Crippen molar-refractivity contribution in [1.82, 2.24) is 5.32 Å². The molecule has 0 saturated heterocycles. The molecule has 0 aromatic carbocycles. The maximum atomic E-state index is 3.50. The highest BCUT2D eigenvalue weighted by Crippen LogP contribution is 2.12. The van der Waals surface area contributed by atoms with Gasteiger partial charge >= 0.3 is 0 Å². The van der Waals surface area contributed by atoms with Crippen LogP contribution in [0.3, 0.4) is 0 Å². The van der Waals surface area contributed by atoms with Gasteiger partial charge in [0.2, 0.25) is 0 Å². The number of unbranched alkanes of at least 4 members (excludes halogenated alkanes) is 1. The predicted molar refractivity (Wildman–Crippen MR) is 72.9 cm³/mol. The van der Waals surface area contributed by atoms with Crippen LogP contribution in [0.25, 0.3) is 0 Å². The zero-order valence-electron chi connectivity index (χ0n) is 9.66. The molecule has 0 fully saturated rings. The molecule has 0 aliphatic heterocycles. The topological polar surface area (TPSA) is 12.0 Å². The molecular formula is C12H21NS2. The van der Waals surface area contributed by atoms with E-state index in [0.717, 1.165) is 18.3 Å². The summed E-state index contributed by atoms with van der Waals surface area (Å²) in [5, 5.41) is 6.37. The smallest absolute Gasteiger partial charge is 0.0300 e. The fourth-order valence-electron chi connectivity index (χ4n) is 1.30. The van der Waals surface area contributed by atoms with E-state index in [1.165, 1.54) is 23.5 Å². The highest BCUT2D eigenvalue weighted by atomic mass is 32.2. The molecule has 15 heavy (non-hydrogen) atoms. The molecule has 86 valence electrons. The molecule has 3 heteroatoms. The van der Waals surface area contributed by atoms with E-state index in [0.29, 0.717) is 0 Å². The van der Waals surface area contributed by atoms with Crippen LogP contribution in [-0.4, -0.2) is 17.5 Å². The van der Waals surface area contributed by atoms with Crippen molar-refractivity contribution >= 4 is 23.1 Å². The van der Waals surface area contributed by atoms with E-state index in [9.17, 15) is 0 Å². The lowest BCUT2D eigenvalue weighted by molar-refractivity contribution is 0.690. The van der Waals surface area contributed by atoms with E-state index in [-0.39, 0.29) is 0 Å². The lowest BCUT2D eigenvalue weighted by atomic mass is 10.4. The Morgan fingerprint density at radius 3 is 3.07 bits per heavy atom. The highest BCUT2D eigenvalue weighted by Gasteiger charge is 2.01. The van der Waals surface area contributed by atoms with Crippen molar-refractivity contribution in [3.8, 4) is 0 Å². The third kappa shape index (κ3) is 6.23. The second kappa shape index (κ2) is 8.20. The van der Waals surface area contributed by atoms with E-state index in [1.807, 2.05) is 11.3 Å². The molecule has 0 bridgehead atoms. The number of hydrogen-bond donors (Lipinski definition) is 1. The highest BCUT2D eigenvalue weighted by molar-refractivity contribution is 7.99. The Bertz CT molecular complexity index is 234. The normalized spacial score (nSPS) is 12.9. The molecule has 1 unspecified atom stereocenters. The molecule has 1 atom stereocenters. The number of thiophene rings is 1. The first kappa shape index (κ1) is 13.1. The first-order valence-electron chi connectivity index (χ1n) is 5.67. The Hall–Kier alpha value is 0.01000. The first-order valence-corrected chi connectivity index (χ1v) is 7.60. The van der Waals surface area contributed by atoms with E-state index in [1.54, 1.807) is 0 Å². The molecule has 0 aliphatic carbocycles. The van der Waals surface area contributed by atoms with Crippen molar-refractivity contribution in [2.75, 3.05) is 12.3 Å². The van der Waals surface area contributed by atoms with Gasteiger partial charge in [-0.05, 0) is 23.6 Å². The van der Waals surface area contributed by atoms with E-state index in [2.05, 4.69) is 48.4 Å². The minimum Gasteiger partial charge on any atom is -0.311 e. The van der Waals surface area contributed by atoms with Gasteiger partial charge in [0.25, 0.3) is 0 Å². The molecule has 1 aromatic rings. The zero-order valence-corrected chi connectivity index (χ0v) is 11.3. The monoisotopic (exact) mass is 243 g/mol. The second-order valence-electron chi connectivity index (χ2n) is 3.75. The van der Waals surface area contributed by atoms with Crippen LogP contribution in [0.5, 0.6) is 0 Å². The maximum Gasteiger partial charge on any atom is 0.0300 e.